The van der Waals surface area contributed by atoms with E-state index in [2.05, 4.69) is 24.7 Å². The summed E-state index contributed by atoms with van der Waals surface area (Å²) in [5, 5.41) is 18.0. The highest BCUT2D eigenvalue weighted by molar-refractivity contribution is 6.30. The number of aromatic nitrogens is 6. The molecule has 0 saturated heterocycles. The Labute approximate surface area is 230 Å². The van der Waals surface area contributed by atoms with Gasteiger partial charge in [0.15, 0.2) is 23.5 Å². The number of carbonyl (C=O) groups excluding carboxylic acids is 1. The van der Waals surface area contributed by atoms with Crippen molar-refractivity contribution >= 4 is 17.6 Å². The van der Waals surface area contributed by atoms with Crippen molar-refractivity contribution in [2.24, 2.45) is 0 Å². The van der Waals surface area contributed by atoms with Crippen molar-refractivity contribution in [2.45, 2.75) is 31.7 Å². The molecule has 4 aromatic rings. The smallest absolute Gasteiger partial charge is 0.463 e. The summed E-state index contributed by atoms with van der Waals surface area (Å²) >= 11 is 5.87. The number of aliphatic hydroxyl groups excluding tert-OH is 1. The molecular formula is C23H17ClF6N6O5. The van der Waals surface area contributed by atoms with Gasteiger partial charge in [-0.2, -0.15) is 13.2 Å². The maximum atomic E-state index is 13.1. The predicted octanol–water partition coefficient (Wildman–Crippen LogP) is 3.60. The molecule has 0 amide bonds. The Kier molecular flexibility index (Phi) is 8.12. The molecule has 0 saturated carbocycles. The molecule has 218 valence electrons. The van der Waals surface area contributed by atoms with Gasteiger partial charge in [0.2, 0.25) is 5.82 Å². The van der Waals surface area contributed by atoms with Crippen molar-refractivity contribution in [1.29, 1.82) is 0 Å². The summed E-state index contributed by atoms with van der Waals surface area (Å²) in [7, 11) is 0.982. The highest BCUT2D eigenvalue weighted by Gasteiger charge is 2.39. The second kappa shape index (κ2) is 11.2. The van der Waals surface area contributed by atoms with Gasteiger partial charge in [-0.3, -0.25) is 4.57 Å². The van der Waals surface area contributed by atoms with Gasteiger partial charge in [-0.25, -0.2) is 23.9 Å². The average Bonchev–Trinajstić information content (AvgIpc) is 3.44. The molecule has 2 aromatic heterocycles. The lowest BCUT2D eigenvalue weighted by molar-refractivity contribution is -0.274. The second-order valence-electron chi connectivity index (χ2n) is 8.21. The zero-order chi connectivity index (χ0) is 30.1. The SMILES string of the molecule is COC(=O)c1nc(Cn2nc(-c3ccc(Cl)cc3)n(C[C@H](O)C(F)(F)F)c2=O)nn1-c1ccccc1OC(F)(F)F. The van der Waals surface area contributed by atoms with Crippen LogP contribution in [0.15, 0.2) is 53.3 Å². The van der Waals surface area contributed by atoms with Crippen LogP contribution in [0.25, 0.3) is 17.1 Å². The molecule has 11 nitrogen and oxygen atoms in total. The van der Waals surface area contributed by atoms with Gasteiger partial charge < -0.3 is 14.6 Å². The quantitative estimate of drug-likeness (QED) is 0.238. The number of aliphatic hydroxyl groups is 1. The van der Waals surface area contributed by atoms with Crippen molar-refractivity contribution < 1.29 is 45.7 Å². The summed E-state index contributed by atoms with van der Waals surface area (Å²) in [4.78, 5) is 29.4. The summed E-state index contributed by atoms with van der Waals surface area (Å²) in [6.45, 7) is -1.86. The van der Waals surface area contributed by atoms with Crippen molar-refractivity contribution in [3.63, 3.8) is 0 Å². The van der Waals surface area contributed by atoms with Crippen LogP contribution in [0, 0.1) is 0 Å². The number of ether oxygens (including phenoxy) is 2. The lowest BCUT2D eigenvalue weighted by Crippen LogP contribution is -2.37. The van der Waals surface area contributed by atoms with Crippen LogP contribution >= 0.6 is 11.6 Å². The molecule has 0 bridgehead atoms. The number of benzene rings is 2. The summed E-state index contributed by atoms with van der Waals surface area (Å²) in [5.74, 6) is -3.07. The highest BCUT2D eigenvalue weighted by atomic mass is 35.5. The number of methoxy groups -OCH3 is 1. The van der Waals surface area contributed by atoms with Gasteiger partial charge in [0.1, 0.15) is 12.2 Å². The molecule has 0 aliphatic rings. The van der Waals surface area contributed by atoms with Gasteiger partial charge in [-0.1, -0.05) is 23.7 Å². The number of rotatable bonds is 8. The minimum Gasteiger partial charge on any atom is -0.463 e. The van der Waals surface area contributed by atoms with Gasteiger partial charge in [0, 0.05) is 10.6 Å². The van der Waals surface area contributed by atoms with Gasteiger partial charge in [0.25, 0.3) is 0 Å². The molecule has 2 aromatic carbocycles. The third kappa shape index (κ3) is 6.68. The molecule has 0 radical (unpaired) electrons. The van der Waals surface area contributed by atoms with E-state index >= 15 is 0 Å². The molecule has 0 aliphatic carbocycles. The van der Waals surface area contributed by atoms with Crippen LogP contribution in [0.2, 0.25) is 5.02 Å². The van der Waals surface area contributed by atoms with E-state index < -0.39 is 55.0 Å². The van der Waals surface area contributed by atoms with Crippen LogP contribution in [-0.2, 0) is 17.8 Å². The number of nitrogens with zero attached hydrogens (tertiary/aromatic N) is 6. The van der Waals surface area contributed by atoms with E-state index in [1.807, 2.05) is 0 Å². The van der Waals surface area contributed by atoms with Gasteiger partial charge >= 0.3 is 24.2 Å². The number of halogens is 7. The molecule has 0 unspecified atom stereocenters. The van der Waals surface area contributed by atoms with Crippen molar-refractivity contribution in [1.82, 2.24) is 29.1 Å². The molecule has 4 rings (SSSR count). The van der Waals surface area contributed by atoms with Gasteiger partial charge in [0.05, 0.1) is 13.7 Å². The Bertz CT molecular complexity index is 1610. The first-order chi connectivity index (χ1) is 19.2. The summed E-state index contributed by atoms with van der Waals surface area (Å²) < 4.78 is 88.8. The molecule has 0 aliphatic heterocycles. The van der Waals surface area contributed by atoms with Gasteiger partial charge in [-0.05, 0) is 36.4 Å². The average molecular weight is 607 g/mol. The van der Waals surface area contributed by atoms with E-state index in [-0.39, 0.29) is 27.9 Å². The monoisotopic (exact) mass is 606 g/mol. The number of esters is 1. The topological polar surface area (TPSA) is 126 Å². The fraction of sp³-hybridized carbons (Fsp3) is 0.261. The van der Waals surface area contributed by atoms with Crippen LogP contribution in [-0.4, -0.2) is 65.9 Å². The maximum Gasteiger partial charge on any atom is 0.573 e. The number of hydrogen-bond acceptors (Lipinski definition) is 8. The van der Waals surface area contributed by atoms with Crippen molar-refractivity contribution in [2.75, 3.05) is 7.11 Å². The molecule has 2 heterocycles. The minimum absolute atomic E-state index is 0.173. The number of carbonyl (C=O) groups is 1. The van der Waals surface area contributed by atoms with E-state index in [4.69, 9.17) is 11.6 Å². The van der Waals surface area contributed by atoms with Gasteiger partial charge in [-0.15, -0.1) is 23.4 Å². The largest absolute Gasteiger partial charge is 0.573 e. The van der Waals surface area contributed by atoms with Crippen LogP contribution in [0.1, 0.15) is 16.4 Å². The molecule has 41 heavy (non-hydrogen) atoms. The molecular weight excluding hydrogens is 590 g/mol. The molecule has 0 fully saturated rings. The van der Waals surface area contributed by atoms with E-state index in [1.165, 1.54) is 36.4 Å². The second-order valence-corrected chi connectivity index (χ2v) is 8.65. The lowest BCUT2D eigenvalue weighted by Gasteiger charge is -2.15. The first kappa shape index (κ1) is 29.6. The summed E-state index contributed by atoms with van der Waals surface area (Å²) in [6.07, 6.45) is -13.1. The summed E-state index contributed by atoms with van der Waals surface area (Å²) in [6, 6.07) is 10.2. The van der Waals surface area contributed by atoms with E-state index in [9.17, 15) is 41.0 Å². The zero-order valence-electron chi connectivity index (χ0n) is 20.5. The van der Waals surface area contributed by atoms with E-state index in [0.717, 1.165) is 19.2 Å². The Hall–Kier alpha value is -4.38. The molecule has 1 atom stereocenters. The Morgan fingerprint density at radius 2 is 1.71 bits per heavy atom. The normalized spacial score (nSPS) is 12.8. The van der Waals surface area contributed by atoms with Crippen LogP contribution in [0.5, 0.6) is 5.75 Å². The molecule has 1 N–H and O–H groups in total. The van der Waals surface area contributed by atoms with Crippen LogP contribution in [0.4, 0.5) is 26.3 Å². The van der Waals surface area contributed by atoms with Crippen LogP contribution < -0.4 is 10.4 Å². The highest BCUT2D eigenvalue weighted by Crippen LogP contribution is 2.29. The van der Waals surface area contributed by atoms with E-state index in [0.29, 0.717) is 13.9 Å². The number of para-hydroxylation sites is 2. The third-order valence-corrected chi connectivity index (χ3v) is 5.64. The zero-order valence-corrected chi connectivity index (χ0v) is 21.3. The Balaban J connectivity index is 1.80. The number of hydrogen-bond donors (Lipinski definition) is 1. The fourth-order valence-corrected chi connectivity index (χ4v) is 3.71. The first-order valence-electron chi connectivity index (χ1n) is 11.3. The standard InChI is InChI=1S/C23H17ClF6N6O5/c1-40-20(38)19-31-17(32-36(19)14-4-2-3-5-15(14)41-23(28,29)30)11-35-21(39)34(10-16(37)22(25,26)27)18(33-35)12-6-8-13(24)9-7-12/h2-9,16,37H,10-11H2,1H3/t16-/m0/s1. The molecule has 18 heteroatoms. The maximum absolute atomic E-state index is 13.1. The Morgan fingerprint density at radius 1 is 1.05 bits per heavy atom. The third-order valence-electron chi connectivity index (χ3n) is 5.39. The van der Waals surface area contributed by atoms with Crippen molar-refractivity contribution in [3.8, 4) is 22.8 Å². The van der Waals surface area contributed by atoms with Crippen molar-refractivity contribution in [3.05, 3.63) is 75.7 Å². The fourth-order valence-electron chi connectivity index (χ4n) is 3.59. The number of alkyl halides is 6. The first-order valence-corrected chi connectivity index (χ1v) is 11.6. The minimum atomic E-state index is -5.09. The lowest BCUT2D eigenvalue weighted by atomic mass is 10.2. The van der Waals surface area contributed by atoms with E-state index in [1.54, 1.807) is 0 Å². The Morgan fingerprint density at radius 3 is 2.32 bits per heavy atom. The molecule has 0 spiro atoms. The predicted molar refractivity (Wildman–Crippen MR) is 127 cm³/mol. The summed E-state index contributed by atoms with van der Waals surface area (Å²) in [5.41, 5.74) is -1.31. The van der Waals surface area contributed by atoms with Crippen LogP contribution in [0.3, 0.4) is 0 Å².